The maximum absolute atomic E-state index is 12.4. The summed E-state index contributed by atoms with van der Waals surface area (Å²) in [7, 11) is 0. The second-order valence-electron chi connectivity index (χ2n) is 5.93. The summed E-state index contributed by atoms with van der Waals surface area (Å²) in [5.74, 6) is 2.05. The van der Waals surface area contributed by atoms with Crippen molar-refractivity contribution in [3.63, 3.8) is 0 Å². The molecule has 114 valence electrons. The van der Waals surface area contributed by atoms with Gasteiger partial charge in [-0.15, -0.1) is 0 Å². The molecule has 2 aromatic rings. The molecule has 3 heterocycles. The number of amides is 1. The minimum atomic E-state index is -0.0647. The monoisotopic (exact) mass is 299 g/mol. The van der Waals surface area contributed by atoms with Crippen molar-refractivity contribution in [1.82, 2.24) is 20.0 Å². The highest BCUT2D eigenvalue weighted by atomic mass is 16.5. The summed E-state index contributed by atoms with van der Waals surface area (Å²) in [4.78, 5) is 22.6. The summed E-state index contributed by atoms with van der Waals surface area (Å²) in [6.07, 6.45) is 8.82. The summed E-state index contributed by atoms with van der Waals surface area (Å²) in [6, 6.07) is 1.96. The summed E-state index contributed by atoms with van der Waals surface area (Å²) < 4.78 is 4.98. The third kappa shape index (κ3) is 2.32. The molecule has 0 aromatic carbocycles. The molecule has 7 nitrogen and oxygen atoms in total. The summed E-state index contributed by atoms with van der Waals surface area (Å²) in [5, 5.41) is 7.07. The number of likely N-dealkylation sites (tertiary alicyclic amines) is 1. The van der Waals surface area contributed by atoms with Gasteiger partial charge in [-0.3, -0.25) is 9.78 Å². The van der Waals surface area contributed by atoms with Gasteiger partial charge in [-0.25, -0.2) is 4.98 Å². The molecule has 1 saturated carbocycles. The van der Waals surface area contributed by atoms with Gasteiger partial charge in [0.15, 0.2) is 0 Å². The molecular weight excluding hydrogens is 282 g/mol. The molecule has 0 spiro atoms. The lowest BCUT2D eigenvalue weighted by Crippen LogP contribution is -2.33. The maximum atomic E-state index is 12.4. The van der Waals surface area contributed by atoms with E-state index in [1.165, 1.54) is 6.20 Å². The minimum Gasteiger partial charge on any atom is -0.366 e. The molecule has 7 heteroatoms. The largest absolute Gasteiger partial charge is 0.366 e. The number of hydrogen-bond acceptors (Lipinski definition) is 6. The topological polar surface area (TPSA) is 84.2 Å². The number of fused-ring (bicyclic) bond motifs is 1. The van der Waals surface area contributed by atoms with Crippen LogP contribution in [-0.2, 0) is 0 Å². The SMILES string of the molecule is O=C(c1ccno1)N1C[C@H]2CC[C@@H](Nc3cnccn3)[C@H]2C1. The third-order valence-corrected chi connectivity index (χ3v) is 4.69. The molecular formula is C15H17N5O2. The predicted octanol–water partition coefficient (Wildman–Crippen LogP) is 1.43. The van der Waals surface area contributed by atoms with Crippen LogP contribution in [0.4, 0.5) is 5.82 Å². The van der Waals surface area contributed by atoms with Crippen LogP contribution in [0.2, 0.25) is 0 Å². The van der Waals surface area contributed by atoms with Gasteiger partial charge in [-0.05, 0) is 18.8 Å². The van der Waals surface area contributed by atoms with Gasteiger partial charge in [-0.2, -0.15) is 0 Å². The van der Waals surface area contributed by atoms with E-state index < -0.39 is 0 Å². The van der Waals surface area contributed by atoms with E-state index in [1.54, 1.807) is 24.7 Å². The van der Waals surface area contributed by atoms with Crippen LogP contribution in [0.25, 0.3) is 0 Å². The zero-order valence-electron chi connectivity index (χ0n) is 12.1. The fraction of sp³-hybridized carbons (Fsp3) is 0.467. The molecule has 1 saturated heterocycles. The van der Waals surface area contributed by atoms with E-state index >= 15 is 0 Å². The van der Waals surface area contributed by atoms with Crippen molar-refractivity contribution in [2.45, 2.75) is 18.9 Å². The van der Waals surface area contributed by atoms with E-state index in [0.717, 1.165) is 31.7 Å². The molecule has 4 rings (SSSR count). The normalized spacial score (nSPS) is 26.9. The van der Waals surface area contributed by atoms with Gasteiger partial charge in [-0.1, -0.05) is 5.16 Å². The second kappa shape index (κ2) is 5.40. The van der Waals surface area contributed by atoms with Gasteiger partial charge >= 0.3 is 0 Å². The Hall–Kier alpha value is -2.44. The van der Waals surface area contributed by atoms with Crippen molar-refractivity contribution in [2.75, 3.05) is 18.4 Å². The van der Waals surface area contributed by atoms with E-state index in [1.807, 2.05) is 4.90 Å². The Kier molecular flexibility index (Phi) is 3.25. The van der Waals surface area contributed by atoms with E-state index in [9.17, 15) is 4.79 Å². The highest BCUT2D eigenvalue weighted by molar-refractivity contribution is 5.91. The van der Waals surface area contributed by atoms with Crippen LogP contribution in [0.1, 0.15) is 23.4 Å². The van der Waals surface area contributed by atoms with Crippen molar-refractivity contribution in [1.29, 1.82) is 0 Å². The van der Waals surface area contributed by atoms with Gasteiger partial charge in [0.05, 0.1) is 12.4 Å². The maximum Gasteiger partial charge on any atom is 0.292 e. The van der Waals surface area contributed by atoms with E-state index in [2.05, 4.69) is 20.4 Å². The molecule has 1 aliphatic heterocycles. The Bertz CT molecular complexity index is 645. The highest BCUT2D eigenvalue weighted by Crippen LogP contribution is 2.39. The quantitative estimate of drug-likeness (QED) is 0.923. The Labute approximate surface area is 127 Å². The summed E-state index contributed by atoms with van der Waals surface area (Å²) in [6.45, 7) is 1.55. The standard InChI is InChI=1S/C15H17N5O2/c21-15(13-3-4-18-22-13)20-8-10-1-2-12(11(10)9-20)19-14-7-16-5-6-17-14/h3-7,10-12H,1-2,8-9H2,(H,17,19)/t10-,11+,12-/m1/s1. The first-order valence-electron chi connectivity index (χ1n) is 7.54. The number of anilines is 1. The molecule has 0 radical (unpaired) electrons. The lowest BCUT2D eigenvalue weighted by atomic mass is 9.98. The van der Waals surface area contributed by atoms with Crippen LogP contribution in [0.3, 0.4) is 0 Å². The number of carbonyl (C=O) groups is 1. The number of hydrogen-bond donors (Lipinski definition) is 1. The molecule has 22 heavy (non-hydrogen) atoms. The lowest BCUT2D eigenvalue weighted by Gasteiger charge is -2.21. The van der Waals surface area contributed by atoms with Crippen molar-refractivity contribution in [3.05, 3.63) is 36.6 Å². The number of nitrogens with one attached hydrogen (secondary N) is 1. The van der Waals surface area contributed by atoms with Crippen molar-refractivity contribution in [2.24, 2.45) is 11.8 Å². The van der Waals surface area contributed by atoms with Crippen molar-refractivity contribution >= 4 is 11.7 Å². The molecule has 1 aliphatic carbocycles. The Morgan fingerprint density at radius 1 is 1.27 bits per heavy atom. The van der Waals surface area contributed by atoms with E-state index in [0.29, 0.717) is 23.6 Å². The number of aromatic nitrogens is 3. The third-order valence-electron chi connectivity index (χ3n) is 4.69. The Balaban J connectivity index is 1.44. The van der Waals surface area contributed by atoms with Crippen LogP contribution >= 0.6 is 0 Å². The first-order chi connectivity index (χ1) is 10.8. The van der Waals surface area contributed by atoms with Gasteiger partial charge in [0.2, 0.25) is 5.76 Å². The molecule has 3 atom stereocenters. The van der Waals surface area contributed by atoms with Crippen LogP contribution in [-0.4, -0.2) is 45.1 Å². The van der Waals surface area contributed by atoms with Gasteiger partial charge < -0.3 is 14.7 Å². The summed E-state index contributed by atoms with van der Waals surface area (Å²) >= 11 is 0. The molecule has 2 aliphatic rings. The van der Waals surface area contributed by atoms with Crippen molar-refractivity contribution < 1.29 is 9.32 Å². The van der Waals surface area contributed by atoms with Gasteiger partial charge in [0, 0.05) is 43.5 Å². The molecule has 1 amide bonds. The fourth-order valence-corrected chi connectivity index (χ4v) is 3.66. The van der Waals surface area contributed by atoms with Gasteiger partial charge in [0.25, 0.3) is 5.91 Å². The Morgan fingerprint density at radius 3 is 3.00 bits per heavy atom. The van der Waals surface area contributed by atoms with Crippen LogP contribution < -0.4 is 5.32 Å². The highest BCUT2D eigenvalue weighted by Gasteiger charge is 2.44. The van der Waals surface area contributed by atoms with E-state index in [-0.39, 0.29) is 5.91 Å². The average Bonchev–Trinajstić information content (AvgIpc) is 3.26. The molecule has 2 aromatic heterocycles. The summed E-state index contributed by atoms with van der Waals surface area (Å²) in [5.41, 5.74) is 0. The van der Waals surface area contributed by atoms with Crippen LogP contribution in [0.15, 0.2) is 35.4 Å². The second-order valence-corrected chi connectivity index (χ2v) is 5.93. The van der Waals surface area contributed by atoms with Crippen molar-refractivity contribution in [3.8, 4) is 0 Å². The zero-order valence-corrected chi connectivity index (χ0v) is 12.1. The first-order valence-corrected chi connectivity index (χ1v) is 7.54. The van der Waals surface area contributed by atoms with Crippen LogP contribution in [0.5, 0.6) is 0 Å². The average molecular weight is 299 g/mol. The van der Waals surface area contributed by atoms with Gasteiger partial charge in [0.1, 0.15) is 5.82 Å². The molecule has 0 unspecified atom stereocenters. The number of rotatable bonds is 3. The molecule has 1 N–H and O–H groups in total. The Morgan fingerprint density at radius 2 is 2.23 bits per heavy atom. The first kappa shape index (κ1) is 13.2. The lowest BCUT2D eigenvalue weighted by molar-refractivity contribution is 0.0738. The van der Waals surface area contributed by atoms with E-state index in [4.69, 9.17) is 4.52 Å². The minimum absolute atomic E-state index is 0.0647. The fourth-order valence-electron chi connectivity index (χ4n) is 3.66. The zero-order chi connectivity index (χ0) is 14.9. The molecule has 0 bridgehead atoms. The smallest absolute Gasteiger partial charge is 0.292 e. The number of carbonyl (C=O) groups excluding carboxylic acids is 1. The predicted molar refractivity (Wildman–Crippen MR) is 78.1 cm³/mol. The molecule has 2 fully saturated rings. The number of nitrogens with zero attached hydrogens (tertiary/aromatic N) is 4. The van der Waals surface area contributed by atoms with Crippen LogP contribution in [0, 0.1) is 11.8 Å².